The summed E-state index contributed by atoms with van der Waals surface area (Å²) < 4.78 is 0.705. The third-order valence-electron chi connectivity index (χ3n) is 3.13. The van der Waals surface area contributed by atoms with Gasteiger partial charge in [-0.2, -0.15) is 0 Å². The van der Waals surface area contributed by atoms with Gasteiger partial charge in [-0.3, -0.25) is 14.5 Å². The van der Waals surface area contributed by atoms with Crippen LogP contribution in [0.25, 0.3) is 0 Å². The van der Waals surface area contributed by atoms with Gasteiger partial charge in [0, 0.05) is 24.5 Å². The molecule has 0 aliphatic heterocycles. The number of thiophene rings is 1. The SMILES string of the molecule is CC(C)N(CCC(=O)O)CC(=O)N(C)Cc1ccc(Cl)s1. The average Bonchev–Trinajstić information content (AvgIpc) is 2.78. The topological polar surface area (TPSA) is 60.9 Å². The molecule has 118 valence electrons. The van der Waals surface area contributed by atoms with E-state index >= 15 is 0 Å². The van der Waals surface area contributed by atoms with Crippen molar-refractivity contribution in [3.05, 3.63) is 21.3 Å². The van der Waals surface area contributed by atoms with Gasteiger partial charge in [-0.25, -0.2) is 0 Å². The summed E-state index contributed by atoms with van der Waals surface area (Å²) >= 11 is 7.32. The molecular formula is C14H21ClN2O3S. The Morgan fingerprint density at radius 2 is 2.05 bits per heavy atom. The molecule has 21 heavy (non-hydrogen) atoms. The van der Waals surface area contributed by atoms with Gasteiger partial charge in [0.1, 0.15) is 0 Å². The first-order chi connectivity index (χ1) is 9.79. The number of carboxylic acid groups (broad SMARTS) is 1. The normalized spacial score (nSPS) is 11.1. The first-order valence-electron chi connectivity index (χ1n) is 6.73. The highest BCUT2D eigenvalue weighted by Crippen LogP contribution is 2.22. The summed E-state index contributed by atoms with van der Waals surface area (Å²) in [6, 6.07) is 3.84. The van der Waals surface area contributed by atoms with Crippen molar-refractivity contribution in [2.75, 3.05) is 20.1 Å². The van der Waals surface area contributed by atoms with Crippen LogP contribution in [0.2, 0.25) is 4.34 Å². The van der Waals surface area contributed by atoms with Gasteiger partial charge >= 0.3 is 5.97 Å². The predicted molar refractivity (Wildman–Crippen MR) is 84.8 cm³/mol. The van der Waals surface area contributed by atoms with E-state index in [1.54, 1.807) is 11.9 Å². The molecule has 1 amide bonds. The predicted octanol–water partition coefficient (Wildman–Crippen LogP) is 2.55. The molecule has 0 aliphatic rings. The Morgan fingerprint density at radius 3 is 2.52 bits per heavy atom. The third kappa shape index (κ3) is 6.46. The van der Waals surface area contributed by atoms with Crippen LogP contribution in [0.4, 0.5) is 0 Å². The van der Waals surface area contributed by atoms with Crippen LogP contribution in [0.3, 0.4) is 0 Å². The lowest BCUT2D eigenvalue weighted by atomic mass is 10.2. The second-order valence-electron chi connectivity index (χ2n) is 5.16. The summed E-state index contributed by atoms with van der Waals surface area (Å²) in [5.74, 6) is -0.881. The number of hydrogen-bond acceptors (Lipinski definition) is 4. The smallest absolute Gasteiger partial charge is 0.304 e. The van der Waals surface area contributed by atoms with Crippen molar-refractivity contribution in [2.24, 2.45) is 0 Å². The second kappa shape index (κ2) is 8.36. The zero-order chi connectivity index (χ0) is 16.0. The average molecular weight is 333 g/mol. The van der Waals surface area contributed by atoms with Crippen molar-refractivity contribution in [1.82, 2.24) is 9.80 Å². The molecule has 0 saturated heterocycles. The summed E-state index contributed by atoms with van der Waals surface area (Å²) in [5.41, 5.74) is 0. The van der Waals surface area contributed by atoms with Crippen LogP contribution in [-0.4, -0.2) is 53.0 Å². The molecule has 0 atom stereocenters. The van der Waals surface area contributed by atoms with Crippen molar-refractivity contribution in [3.63, 3.8) is 0 Å². The number of likely N-dealkylation sites (N-methyl/N-ethyl adjacent to an activating group) is 1. The van der Waals surface area contributed by atoms with Crippen molar-refractivity contribution >= 4 is 34.8 Å². The standard InChI is InChI=1S/C14H21ClN2O3S/c1-10(2)17(7-6-14(19)20)9-13(18)16(3)8-11-4-5-12(15)21-11/h4-5,10H,6-9H2,1-3H3,(H,19,20). The lowest BCUT2D eigenvalue weighted by Crippen LogP contribution is -2.42. The zero-order valence-electron chi connectivity index (χ0n) is 12.5. The van der Waals surface area contributed by atoms with Crippen molar-refractivity contribution in [3.8, 4) is 0 Å². The minimum absolute atomic E-state index is 0.0291. The van der Waals surface area contributed by atoms with E-state index in [-0.39, 0.29) is 24.9 Å². The fourth-order valence-corrected chi connectivity index (χ4v) is 2.95. The molecule has 1 heterocycles. The van der Waals surface area contributed by atoms with Gasteiger partial charge in [0.05, 0.1) is 23.8 Å². The Labute approximate surface area is 134 Å². The first kappa shape index (κ1) is 17.9. The maximum Gasteiger partial charge on any atom is 0.304 e. The van der Waals surface area contributed by atoms with Crippen LogP contribution < -0.4 is 0 Å². The molecule has 1 aromatic rings. The largest absolute Gasteiger partial charge is 0.481 e. The number of carboxylic acids is 1. The molecule has 7 heteroatoms. The molecule has 0 fully saturated rings. The lowest BCUT2D eigenvalue weighted by molar-refractivity contribution is -0.138. The van der Waals surface area contributed by atoms with Gasteiger partial charge in [-0.15, -0.1) is 11.3 Å². The molecule has 1 N–H and O–H groups in total. The summed E-state index contributed by atoms with van der Waals surface area (Å²) in [6.07, 6.45) is 0.0374. The minimum atomic E-state index is -0.852. The van der Waals surface area contributed by atoms with Gasteiger partial charge < -0.3 is 10.0 Å². The third-order valence-corrected chi connectivity index (χ3v) is 4.35. The van der Waals surface area contributed by atoms with E-state index in [0.29, 0.717) is 17.4 Å². The van der Waals surface area contributed by atoms with Gasteiger partial charge in [0.2, 0.25) is 5.91 Å². The highest BCUT2D eigenvalue weighted by Gasteiger charge is 2.18. The maximum atomic E-state index is 12.2. The molecule has 0 unspecified atom stereocenters. The lowest BCUT2D eigenvalue weighted by Gasteiger charge is -2.27. The highest BCUT2D eigenvalue weighted by atomic mass is 35.5. The van der Waals surface area contributed by atoms with Crippen LogP contribution in [0, 0.1) is 0 Å². The highest BCUT2D eigenvalue weighted by molar-refractivity contribution is 7.16. The fourth-order valence-electron chi connectivity index (χ4n) is 1.81. The molecule has 0 aromatic carbocycles. The van der Waals surface area contributed by atoms with Gasteiger partial charge in [0.15, 0.2) is 0 Å². The Hall–Kier alpha value is -1.11. The zero-order valence-corrected chi connectivity index (χ0v) is 14.1. The Morgan fingerprint density at radius 1 is 1.38 bits per heavy atom. The number of aliphatic carboxylic acids is 1. The van der Waals surface area contributed by atoms with E-state index in [1.165, 1.54) is 11.3 Å². The first-order valence-corrected chi connectivity index (χ1v) is 7.93. The molecule has 1 rings (SSSR count). The van der Waals surface area contributed by atoms with Gasteiger partial charge in [0.25, 0.3) is 0 Å². The molecule has 5 nitrogen and oxygen atoms in total. The number of carbonyl (C=O) groups excluding carboxylic acids is 1. The summed E-state index contributed by atoms with van der Waals surface area (Å²) in [5, 5.41) is 8.75. The number of rotatable bonds is 8. The van der Waals surface area contributed by atoms with E-state index in [9.17, 15) is 9.59 Å². The molecule has 0 radical (unpaired) electrons. The van der Waals surface area contributed by atoms with Crippen LogP contribution in [0.15, 0.2) is 12.1 Å². The van der Waals surface area contributed by atoms with Crippen LogP contribution in [0.5, 0.6) is 0 Å². The van der Waals surface area contributed by atoms with Gasteiger partial charge in [-0.05, 0) is 26.0 Å². The summed E-state index contributed by atoms with van der Waals surface area (Å²) in [4.78, 5) is 27.4. The number of amides is 1. The van der Waals surface area contributed by atoms with Gasteiger partial charge in [-0.1, -0.05) is 11.6 Å². The molecule has 1 aromatic heterocycles. The summed E-state index contributed by atoms with van der Waals surface area (Å²) in [7, 11) is 1.74. The monoisotopic (exact) mass is 332 g/mol. The van der Waals surface area contributed by atoms with Crippen LogP contribution in [0.1, 0.15) is 25.1 Å². The molecule has 0 aliphatic carbocycles. The number of nitrogens with zero attached hydrogens (tertiary/aromatic N) is 2. The molecule has 0 saturated carbocycles. The number of carbonyl (C=O) groups is 2. The van der Waals surface area contributed by atoms with E-state index in [4.69, 9.17) is 16.7 Å². The van der Waals surface area contributed by atoms with Crippen LogP contribution >= 0.6 is 22.9 Å². The molecule has 0 bridgehead atoms. The van der Waals surface area contributed by atoms with E-state index < -0.39 is 5.97 Å². The molecule has 0 spiro atoms. The summed E-state index contributed by atoms with van der Waals surface area (Å²) in [6.45, 7) is 5.02. The number of halogens is 1. The Kier molecular flexibility index (Phi) is 7.14. The fraction of sp³-hybridized carbons (Fsp3) is 0.571. The van der Waals surface area contributed by atoms with Crippen LogP contribution in [-0.2, 0) is 16.1 Å². The van der Waals surface area contributed by atoms with E-state index in [0.717, 1.165) is 4.88 Å². The number of hydrogen-bond donors (Lipinski definition) is 1. The Balaban J connectivity index is 2.53. The van der Waals surface area contributed by atoms with Crippen molar-refractivity contribution in [2.45, 2.75) is 32.9 Å². The molecular weight excluding hydrogens is 312 g/mol. The quantitative estimate of drug-likeness (QED) is 0.794. The minimum Gasteiger partial charge on any atom is -0.481 e. The maximum absolute atomic E-state index is 12.2. The van der Waals surface area contributed by atoms with E-state index in [2.05, 4.69) is 0 Å². The second-order valence-corrected chi connectivity index (χ2v) is 6.96. The van der Waals surface area contributed by atoms with Crippen molar-refractivity contribution < 1.29 is 14.7 Å². The van der Waals surface area contributed by atoms with Crippen molar-refractivity contribution in [1.29, 1.82) is 0 Å². The van der Waals surface area contributed by atoms with E-state index in [1.807, 2.05) is 30.9 Å². The Bertz CT molecular complexity index is 490.